The smallest absolute Gasteiger partial charge is 0.409 e. The lowest BCUT2D eigenvalue weighted by Gasteiger charge is -2.37. The molecule has 2 fully saturated rings. The highest BCUT2D eigenvalue weighted by molar-refractivity contribution is 9.10. The van der Waals surface area contributed by atoms with Crippen molar-refractivity contribution in [1.82, 2.24) is 19.6 Å². The molecule has 1 amide bonds. The number of carboxylic acid groups (broad SMARTS) is 1. The second-order valence-electron chi connectivity index (χ2n) is 6.87. The van der Waals surface area contributed by atoms with E-state index in [2.05, 4.69) is 37.3 Å². The van der Waals surface area contributed by atoms with E-state index in [1.54, 1.807) is 4.68 Å². The van der Waals surface area contributed by atoms with Crippen LogP contribution in [0.5, 0.6) is 0 Å². The van der Waals surface area contributed by atoms with E-state index < -0.39 is 11.8 Å². The molecule has 2 aliphatic heterocycles. The standard InChI is InChI=1S/C17H25BrN6O4/c1-27-12-17(3-2-5-23(17)16(25)26)24-15(13(11-19)14(18)21-24)20-4-6-22-7-9-28-10-8-22/h20H,2-10,12H2,1H3,(H,25,26). The van der Waals surface area contributed by atoms with Crippen LogP contribution in [0, 0.1) is 11.3 Å². The number of aromatic nitrogens is 2. The van der Waals surface area contributed by atoms with Crippen LogP contribution in [0.4, 0.5) is 10.6 Å². The molecule has 28 heavy (non-hydrogen) atoms. The minimum Gasteiger partial charge on any atom is -0.465 e. The van der Waals surface area contributed by atoms with Crippen LogP contribution < -0.4 is 5.32 Å². The highest BCUT2D eigenvalue weighted by Crippen LogP contribution is 2.39. The van der Waals surface area contributed by atoms with Gasteiger partial charge in [0.1, 0.15) is 22.1 Å². The Morgan fingerprint density at radius 1 is 1.46 bits per heavy atom. The number of halogens is 1. The lowest BCUT2D eigenvalue weighted by molar-refractivity contribution is -0.0154. The van der Waals surface area contributed by atoms with Gasteiger partial charge in [-0.05, 0) is 28.8 Å². The number of methoxy groups -OCH3 is 1. The molecule has 0 radical (unpaired) electrons. The quantitative estimate of drug-likeness (QED) is 0.630. The maximum absolute atomic E-state index is 11.9. The predicted octanol–water partition coefficient (Wildman–Crippen LogP) is 1.33. The topological polar surface area (TPSA) is 116 Å². The number of rotatable bonds is 7. The number of nitriles is 1. The molecule has 1 aromatic rings. The lowest BCUT2D eigenvalue weighted by atomic mass is 10.1. The number of hydrogen-bond donors (Lipinski definition) is 2. The molecule has 0 aliphatic carbocycles. The summed E-state index contributed by atoms with van der Waals surface area (Å²) in [6, 6.07) is 2.17. The predicted molar refractivity (Wildman–Crippen MR) is 104 cm³/mol. The molecule has 2 aliphatic rings. The van der Waals surface area contributed by atoms with Gasteiger partial charge in [0.05, 0.1) is 19.8 Å². The van der Waals surface area contributed by atoms with Crippen molar-refractivity contribution in [3.05, 3.63) is 10.2 Å². The Hall–Kier alpha value is -1.87. The van der Waals surface area contributed by atoms with Crippen LogP contribution in [0.25, 0.3) is 0 Å². The van der Waals surface area contributed by atoms with E-state index in [1.807, 2.05) is 0 Å². The minimum absolute atomic E-state index is 0.149. The number of carbonyl (C=O) groups is 1. The number of amides is 1. The maximum atomic E-state index is 11.9. The summed E-state index contributed by atoms with van der Waals surface area (Å²) in [5, 5.41) is 27.1. The Kier molecular flexibility index (Phi) is 6.77. The molecule has 3 heterocycles. The van der Waals surface area contributed by atoms with Gasteiger partial charge < -0.3 is 19.9 Å². The Labute approximate surface area is 172 Å². The molecule has 0 bridgehead atoms. The molecule has 1 unspecified atom stereocenters. The van der Waals surface area contributed by atoms with Gasteiger partial charge in [-0.25, -0.2) is 9.48 Å². The zero-order valence-electron chi connectivity index (χ0n) is 15.9. The van der Waals surface area contributed by atoms with Crippen LogP contribution in [0.3, 0.4) is 0 Å². The van der Waals surface area contributed by atoms with Crippen LogP contribution in [0.1, 0.15) is 18.4 Å². The average Bonchev–Trinajstić information content (AvgIpc) is 3.25. The average molecular weight is 457 g/mol. The van der Waals surface area contributed by atoms with Crippen molar-refractivity contribution >= 4 is 27.8 Å². The van der Waals surface area contributed by atoms with Crippen LogP contribution >= 0.6 is 15.9 Å². The lowest BCUT2D eigenvalue weighted by Crippen LogP contribution is -2.52. The number of morpholine rings is 1. The molecule has 154 valence electrons. The Balaban J connectivity index is 1.89. The van der Waals surface area contributed by atoms with Crippen molar-refractivity contribution in [2.24, 2.45) is 0 Å². The first-order valence-electron chi connectivity index (χ1n) is 9.26. The Morgan fingerprint density at radius 3 is 2.86 bits per heavy atom. The third kappa shape index (κ3) is 3.96. The van der Waals surface area contributed by atoms with Gasteiger partial charge in [0, 0.05) is 39.8 Å². The first-order valence-corrected chi connectivity index (χ1v) is 10.1. The number of hydrogen-bond acceptors (Lipinski definition) is 7. The highest BCUT2D eigenvalue weighted by Gasteiger charge is 2.48. The van der Waals surface area contributed by atoms with Crippen molar-refractivity contribution in [3.63, 3.8) is 0 Å². The summed E-state index contributed by atoms with van der Waals surface area (Å²) in [6.45, 7) is 5.11. The first-order chi connectivity index (χ1) is 13.5. The fourth-order valence-electron chi connectivity index (χ4n) is 3.91. The third-order valence-corrected chi connectivity index (χ3v) is 5.80. The molecule has 2 N–H and O–H groups in total. The fraction of sp³-hybridized carbons (Fsp3) is 0.706. The summed E-state index contributed by atoms with van der Waals surface area (Å²) in [7, 11) is 1.54. The van der Waals surface area contributed by atoms with Gasteiger partial charge in [0.25, 0.3) is 0 Å². The molecule has 11 heteroatoms. The van der Waals surface area contributed by atoms with Gasteiger partial charge in [-0.1, -0.05) is 0 Å². The van der Waals surface area contributed by atoms with Gasteiger partial charge >= 0.3 is 6.09 Å². The third-order valence-electron chi connectivity index (χ3n) is 5.24. The van der Waals surface area contributed by atoms with Crippen molar-refractivity contribution in [1.29, 1.82) is 5.26 Å². The van der Waals surface area contributed by atoms with Crippen LogP contribution in [0.15, 0.2) is 4.60 Å². The van der Waals surface area contributed by atoms with E-state index in [4.69, 9.17) is 9.47 Å². The zero-order valence-corrected chi connectivity index (χ0v) is 17.4. The number of ether oxygens (including phenoxy) is 2. The molecule has 10 nitrogen and oxygen atoms in total. The van der Waals surface area contributed by atoms with E-state index in [0.717, 1.165) is 32.8 Å². The normalized spacial score (nSPS) is 23.0. The van der Waals surface area contributed by atoms with Gasteiger partial charge in [0.15, 0.2) is 5.66 Å². The van der Waals surface area contributed by atoms with Gasteiger partial charge in [-0.15, -0.1) is 0 Å². The molecule has 1 aromatic heterocycles. The number of likely N-dealkylation sites (tertiary alicyclic amines) is 1. The van der Waals surface area contributed by atoms with Gasteiger partial charge in [-0.3, -0.25) is 9.80 Å². The monoisotopic (exact) mass is 456 g/mol. The molecular formula is C17H25BrN6O4. The molecule has 0 spiro atoms. The molecule has 3 rings (SSSR count). The van der Waals surface area contributed by atoms with Crippen molar-refractivity contribution < 1.29 is 19.4 Å². The van der Waals surface area contributed by atoms with Gasteiger partial charge in [-0.2, -0.15) is 10.4 Å². The zero-order chi connectivity index (χ0) is 20.1. The van der Waals surface area contributed by atoms with Gasteiger partial charge in [0.2, 0.25) is 0 Å². The molecule has 2 saturated heterocycles. The minimum atomic E-state index is -1.03. The van der Waals surface area contributed by atoms with E-state index in [1.165, 1.54) is 12.0 Å². The maximum Gasteiger partial charge on any atom is 0.409 e. The molecule has 0 saturated carbocycles. The Bertz CT molecular complexity index is 745. The largest absolute Gasteiger partial charge is 0.465 e. The summed E-state index contributed by atoms with van der Waals surface area (Å²) in [4.78, 5) is 15.5. The fourth-order valence-corrected chi connectivity index (χ4v) is 4.35. The molecule has 1 atom stereocenters. The SMILES string of the molecule is COCC1(n2nc(Br)c(C#N)c2NCCN2CCOCC2)CCCN1C(=O)O. The van der Waals surface area contributed by atoms with Crippen LogP contribution in [-0.4, -0.2) is 90.4 Å². The van der Waals surface area contributed by atoms with E-state index in [0.29, 0.717) is 41.9 Å². The van der Waals surface area contributed by atoms with Crippen LogP contribution in [0.2, 0.25) is 0 Å². The van der Waals surface area contributed by atoms with Crippen LogP contribution in [-0.2, 0) is 15.1 Å². The van der Waals surface area contributed by atoms with E-state index >= 15 is 0 Å². The summed E-state index contributed by atoms with van der Waals surface area (Å²) in [5.74, 6) is 0.507. The summed E-state index contributed by atoms with van der Waals surface area (Å²) in [6.07, 6.45) is 0.228. The molecular weight excluding hydrogens is 432 g/mol. The second-order valence-corrected chi connectivity index (χ2v) is 7.62. The summed E-state index contributed by atoms with van der Waals surface area (Å²) >= 11 is 3.35. The number of nitrogens with one attached hydrogen (secondary N) is 1. The van der Waals surface area contributed by atoms with Crippen molar-refractivity contribution in [2.75, 3.05) is 65.0 Å². The van der Waals surface area contributed by atoms with E-state index in [9.17, 15) is 15.2 Å². The van der Waals surface area contributed by atoms with Crippen molar-refractivity contribution in [3.8, 4) is 6.07 Å². The second kappa shape index (κ2) is 9.09. The highest BCUT2D eigenvalue weighted by atomic mass is 79.9. The first kappa shape index (κ1) is 20.9. The van der Waals surface area contributed by atoms with Crippen molar-refractivity contribution in [2.45, 2.75) is 18.5 Å². The Morgan fingerprint density at radius 2 is 2.21 bits per heavy atom. The van der Waals surface area contributed by atoms with E-state index in [-0.39, 0.29) is 6.61 Å². The summed E-state index contributed by atoms with van der Waals surface area (Å²) in [5.41, 5.74) is -0.630. The molecule has 0 aromatic carbocycles. The number of nitrogens with zero attached hydrogens (tertiary/aromatic N) is 5. The summed E-state index contributed by atoms with van der Waals surface area (Å²) < 4.78 is 12.7. The number of anilines is 1.